The van der Waals surface area contributed by atoms with Crippen molar-refractivity contribution in [3.8, 4) is 0 Å². The van der Waals surface area contributed by atoms with Gasteiger partial charge in [0.2, 0.25) is 5.91 Å². The number of nitrogens with zero attached hydrogens (tertiary/aromatic N) is 1. The van der Waals surface area contributed by atoms with Crippen molar-refractivity contribution in [1.29, 1.82) is 0 Å². The van der Waals surface area contributed by atoms with Crippen LogP contribution >= 0.6 is 0 Å². The lowest BCUT2D eigenvalue weighted by atomic mass is 10.0. The molecule has 3 aromatic carbocycles. The summed E-state index contributed by atoms with van der Waals surface area (Å²) in [6.45, 7) is 2.50. The number of carboxylic acid groups (broad SMARTS) is 1. The predicted molar refractivity (Wildman–Crippen MR) is 140 cm³/mol. The van der Waals surface area contributed by atoms with Crippen molar-refractivity contribution < 1.29 is 19.5 Å². The van der Waals surface area contributed by atoms with Crippen LogP contribution in [-0.4, -0.2) is 40.5 Å². The Morgan fingerprint density at radius 2 is 1.67 bits per heavy atom. The molecule has 0 aromatic heterocycles. The van der Waals surface area contributed by atoms with Crippen molar-refractivity contribution in [3.05, 3.63) is 107 Å². The fraction of sp³-hybridized carbons (Fsp3) is 0.207. The van der Waals surface area contributed by atoms with Crippen molar-refractivity contribution in [2.75, 3.05) is 11.9 Å². The highest BCUT2D eigenvalue weighted by Crippen LogP contribution is 2.25. The smallest absolute Gasteiger partial charge is 0.335 e. The first-order valence-electron chi connectivity index (χ1n) is 11.9. The Kier molecular flexibility index (Phi) is 7.80. The molecule has 7 nitrogen and oxygen atoms in total. The predicted octanol–water partition coefficient (Wildman–Crippen LogP) is 5.26. The molecule has 2 atom stereocenters. The Bertz CT molecular complexity index is 1260. The molecule has 1 aliphatic heterocycles. The number of carbonyl (C=O) groups excluding carboxylic acids is 2. The zero-order valence-corrected chi connectivity index (χ0v) is 20.1. The quantitative estimate of drug-likeness (QED) is 0.427. The molecule has 184 valence electrons. The molecule has 1 heterocycles. The molecule has 0 bridgehead atoms. The Labute approximate surface area is 210 Å². The summed E-state index contributed by atoms with van der Waals surface area (Å²) in [5.74, 6) is -1.14. The van der Waals surface area contributed by atoms with Crippen molar-refractivity contribution in [3.63, 3.8) is 0 Å². The van der Waals surface area contributed by atoms with Crippen LogP contribution in [0.4, 0.5) is 10.5 Å². The highest BCUT2D eigenvalue weighted by Gasteiger charge is 2.33. The normalized spacial score (nSPS) is 16.0. The first-order chi connectivity index (χ1) is 17.4. The number of hydrogen-bond acceptors (Lipinski definition) is 3. The monoisotopic (exact) mass is 483 g/mol. The number of carboxylic acids is 1. The van der Waals surface area contributed by atoms with Crippen LogP contribution in [0.5, 0.6) is 0 Å². The Balaban J connectivity index is 1.51. The number of aromatic carboxylic acids is 1. The van der Waals surface area contributed by atoms with Crippen molar-refractivity contribution in [2.45, 2.75) is 31.8 Å². The topological polar surface area (TPSA) is 98.7 Å². The molecule has 2 unspecified atom stereocenters. The molecule has 0 saturated carbocycles. The number of para-hydroxylation sites is 1. The van der Waals surface area contributed by atoms with E-state index in [4.69, 9.17) is 5.11 Å². The molecule has 1 fully saturated rings. The van der Waals surface area contributed by atoms with Crippen LogP contribution in [0.1, 0.15) is 45.9 Å². The standard InChI is InChI=1S/C29H29N3O4/c1-20-8-5-6-12-25(20)30-29(36)31-26(22-9-3-2-4-10-22)27(33)32-19-7-11-24(32)18-15-21-13-16-23(17-14-21)28(34)35/h2-6,8-10,12-18,24,26H,7,11,19H2,1H3,(H,34,35)(H2,30,31,36)/b18-15+. The van der Waals surface area contributed by atoms with E-state index in [-0.39, 0.29) is 17.5 Å². The first-order valence-corrected chi connectivity index (χ1v) is 11.9. The van der Waals surface area contributed by atoms with E-state index in [0.717, 1.165) is 24.0 Å². The van der Waals surface area contributed by atoms with Gasteiger partial charge in [-0.15, -0.1) is 0 Å². The van der Waals surface area contributed by atoms with Gasteiger partial charge in [0.25, 0.3) is 0 Å². The lowest BCUT2D eigenvalue weighted by molar-refractivity contribution is -0.133. The number of rotatable bonds is 7. The van der Waals surface area contributed by atoms with E-state index >= 15 is 0 Å². The first kappa shape index (κ1) is 24.7. The minimum atomic E-state index is -0.969. The summed E-state index contributed by atoms with van der Waals surface area (Å²) < 4.78 is 0. The van der Waals surface area contributed by atoms with E-state index in [1.54, 1.807) is 29.2 Å². The fourth-order valence-electron chi connectivity index (χ4n) is 4.33. The largest absolute Gasteiger partial charge is 0.478 e. The highest BCUT2D eigenvalue weighted by atomic mass is 16.4. The maximum Gasteiger partial charge on any atom is 0.335 e. The summed E-state index contributed by atoms with van der Waals surface area (Å²) in [5, 5.41) is 14.8. The van der Waals surface area contributed by atoms with Gasteiger partial charge in [0.1, 0.15) is 6.04 Å². The summed E-state index contributed by atoms with van der Waals surface area (Å²) in [7, 11) is 0. The van der Waals surface area contributed by atoms with Gasteiger partial charge in [-0.05, 0) is 54.7 Å². The van der Waals surface area contributed by atoms with Gasteiger partial charge in [0, 0.05) is 12.2 Å². The summed E-state index contributed by atoms with van der Waals surface area (Å²) >= 11 is 0. The SMILES string of the molecule is Cc1ccccc1NC(=O)NC(C(=O)N1CCCC1/C=C/c1ccc(C(=O)O)cc1)c1ccccc1. The average molecular weight is 484 g/mol. The molecule has 1 aliphatic rings. The van der Waals surface area contributed by atoms with Crippen LogP contribution in [0, 0.1) is 6.92 Å². The van der Waals surface area contributed by atoms with Crippen LogP contribution in [0.2, 0.25) is 0 Å². The number of urea groups is 1. The molecule has 0 spiro atoms. The van der Waals surface area contributed by atoms with E-state index in [0.29, 0.717) is 17.8 Å². The molecule has 0 aliphatic carbocycles. The van der Waals surface area contributed by atoms with Crippen LogP contribution < -0.4 is 10.6 Å². The van der Waals surface area contributed by atoms with Gasteiger partial charge in [-0.3, -0.25) is 4.79 Å². The third kappa shape index (κ3) is 5.99. The van der Waals surface area contributed by atoms with Crippen LogP contribution in [0.15, 0.2) is 84.9 Å². The molecule has 1 saturated heterocycles. The molecule has 3 aromatic rings. The number of anilines is 1. The molecule has 36 heavy (non-hydrogen) atoms. The molecule has 7 heteroatoms. The minimum Gasteiger partial charge on any atom is -0.478 e. The van der Waals surface area contributed by atoms with Crippen molar-refractivity contribution in [2.24, 2.45) is 0 Å². The zero-order chi connectivity index (χ0) is 25.5. The van der Waals surface area contributed by atoms with Crippen LogP contribution in [0.25, 0.3) is 6.08 Å². The summed E-state index contributed by atoms with van der Waals surface area (Å²) in [6, 6.07) is 21.9. The minimum absolute atomic E-state index is 0.121. The molecule has 0 radical (unpaired) electrons. The third-order valence-corrected chi connectivity index (χ3v) is 6.30. The third-order valence-electron chi connectivity index (χ3n) is 6.30. The van der Waals surface area contributed by atoms with Gasteiger partial charge in [0.15, 0.2) is 0 Å². The van der Waals surface area contributed by atoms with Crippen molar-refractivity contribution in [1.82, 2.24) is 10.2 Å². The van der Waals surface area contributed by atoms with Gasteiger partial charge in [-0.25, -0.2) is 9.59 Å². The molecular formula is C29H29N3O4. The van der Waals surface area contributed by atoms with Crippen molar-refractivity contribution >= 4 is 29.7 Å². The van der Waals surface area contributed by atoms with Gasteiger partial charge < -0.3 is 20.6 Å². The second-order valence-electron chi connectivity index (χ2n) is 8.78. The van der Waals surface area contributed by atoms with E-state index < -0.39 is 18.0 Å². The Morgan fingerprint density at radius 3 is 2.36 bits per heavy atom. The fourth-order valence-corrected chi connectivity index (χ4v) is 4.33. The lowest BCUT2D eigenvalue weighted by Gasteiger charge is -2.28. The summed E-state index contributed by atoms with van der Waals surface area (Å²) in [6.07, 6.45) is 5.54. The van der Waals surface area contributed by atoms with Crippen LogP contribution in [-0.2, 0) is 4.79 Å². The van der Waals surface area contributed by atoms with E-state index in [1.165, 1.54) is 0 Å². The maximum atomic E-state index is 13.7. The number of amides is 3. The summed E-state index contributed by atoms with van der Waals surface area (Å²) in [4.78, 5) is 39.5. The zero-order valence-electron chi connectivity index (χ0n) is 20.1. The van der Waals surface area contributed by atoms with Gasteiger partial charge >= 0.3 is 12.0 Å². The molecule has 3 N–H and O–H groups in total. The molecular weight excluding hydrogens is 454 g/mol. The van der Waals surface area contributed by atoms with Gasteiger partial charge in [0.05, 0.1) is 11.6 Å². The Hall–Kier alpha value is -4.39. The lowest BCUT2D eigenvalue weighted by Crippen LogP contribution is -2.45. The molecule has 4 rings (SSSR count). The number of benzene rings is 3. The number of aryl methyl sites for hydroxylation is 1. The Morgan fingerprint density at radius 1 is 0.972 bits per heavy atom. The molecule has 3 amide bonds. The highest BCUT2D eigenvalue weighted by molar-refractivity contribution is 5.95. The maximum absolute atomic E-state index is 13.7. The number of nitrogens with one attached hydrogen (secondary N) is 2. The van der Waals surface area contributed by atoms with Gasteiger partial charge in [-0.1, -0.05) is 72.8 Å². The average Bonchev–Trinajstić information content (AvgIpc) is 3.36. The van der Waals surface area contributed by atoms with Crippen LogP contribution in [0.3, 0.4) is 0 Å². The second kappa shape index (κ2) is 11.4. The van der Waals surface area contributed by atoms with Gasteiger partial charge in [-0.2, -0.15) is 0 Å². The second-order valence-corrected chi connectivity index (χ2v) is 8.78. The van der Waals surface area contributed by atoms with E-state index in [9.17, 15) is 14.4 Å². The number of likely N-dealkylation sites (tertiary alicyclic amines) is 1. The number of carbonyl (C=O) groups is 3. The van der Waals surface area contributed by atoms with E-state index in [1.807, 2.05) is 73.7 Å². The summed E-state index contributed by atoms with van der Waals surface area (Å²) in [5.41, 5.74) is 3.41. The number of hydrogen-bond donors (Lipinski definition) is 3. The van der Waals surface area contributed by atoms with E-state index in [2.05, 4.69) is 10.6 Å².